The number of hydrogen-bond acceptors (Lipinski definition) is 4. The smallest absolute Gasteiger partial charge is 0.410 e. The van der Waals surface area contributed by atoms with E-state index < -0.39 is 5.60 Å². The highest BCUT2D eigenvalue weighted by Gasteiger charge is 2.27. The summed E-state index contributed by atoms with van der Waals surface area (Å²) in [5.41, 5.74) is 1.40. The van der Waals surface area contributed by atoms with E-state index in [9.17, 15) is 4.79 Å². The number of amides is 1. The molecule has 0 unspecified atom stereocenters. The van der Waals surface area contributed by atoms with Crippen molar-refractivity contribution in [2.45, 2.75) is 39.5 Å². The number of hydrogen-bond donors (Lipinski definition) is 0. The first-order valence-corrected chi connectivity index (χ1v) is 7.38. The third-order valence-electron chi connectivity index (χ3n) is 3.44. The Morgan fingerprint density at radius 1 is 1.23 bits per heavy atom. The zero-order valence-electron chi connectivity index (χ0n) is 13.1. The van der Waals surface area contributed by atoms with Crippen molar-refractivity contribution in [2.24, 2.45) is 0 Å². The fraction of sp³-hybridized carbons (Fsp3) is 0.438. The van der Waals surface area contributed by atoms with Crippen LogP contribution in [0.3, 0.4) is 0 Å². The van der Waals surface area contributed by atoms with Crippen molar-refractivity contribution in [3.63, 3.8) is 0 Å². The van der Waals surface area contributed by atoms with E-state index in [4.69, 9.17) is 4.74 Å². The average Bonchev–Trinajstić information content (AvgIpc) is 2.89. The van der Waals surface area contributed by atoms with E-state index >= 15 is 0 Å². The zero-order valence-corrected chi connectivity index (χ0v) is 13.1. The molecule has 6 heteroatoms. The summed E-state index contributed by atoms with van der Waals surface area (Å²) < 4.78 is 7.54. The van der Waals surface area contributed by atoms with Crippen LogP contribution >= 0.6 is 0 Å². The van der Waals surface area contributed by atoms with Crippen LogP contribution in [0.1, 0.15) is 26.6 Å². The Kier molecular flexibility index (Phi) is 3.60. The summed E-state index contributed by atoms with van der Waals surface area (Å²) in [5, 5.41) is 0. The van der Waals surface area contributed by atoms with Gasteiger partial charge in [-0.1, -0.05) is 6.07 Å². The minimum absolute atomic E-state index is 0.291. The summed E-state index contributed by atoms with van der Waals surface area (Å²) in [4.78, 5) is 22.6. The number of ether oxygens (including phenoxy) is 1. The Morgan fingerprint density at radius 2 is 2.05 bits per heavy atom. The van der Waals surface area contributed by atoms with Crippen molar-refractivity contribution >= 4 is 6.09 Å². The molecule has 1 amide bonds. The van der Waals surface area contributed by atoms with Gasteiger partial charge in [0.25, 0.3) is 0 Å². The molecular formula is C16H20N4O2. The van der Waals surface area contributed by atoms with Gasteiger partial charge in [0, 0.05) is 19.3 Å². The van der Waals surface area contributed by atoms with Gasteiger partial charge in [0.1, 0.15) is 11.4 Å². The third kappa shape index (κ3) is 2.95. The number of rotatable bonds is 1. The van der Waals surface area contributed by atoms with Crippen molar-refractivity contribution in [3.8, 4) is 11.4 Å². The van der Waals surface area contributed by atoms with Crippen LogP contribution in [0.2, 0.25) is 0 Å². The van der Waals surface area contributed by atoms with Gasteiger partial charge in [-0.2, -0.15) is 0 Å². The summed E-state index contributed by atoms with van der Waals surface area (Å²) in [6.45, 7) is 7.37. The average molecular weight is 300 g/mol. The van der Waals surface area contributed by atoms with Crippen LogP contribution in [0.5, 0.6) is 0 Å². The molecule has 2 aromatic rings. The van der Waals surface area contributed by atoms with Crippen molar-refractivity contribution in [2.75, 3.05) is 6.54 Å². The van der Waals surface area contributed by atoms with Gasteiger partial charge < -0.3 is 9.30 Å². The molecule has 0 aromatic carbocycles. The lowest BCUT2D eigenvalue weighted by Gasteiger charge is -2.30. The van der Waals surface area contributed by atoms with E-state index in [1.54, 1.807) is 11.1 Å². The lowest BCUT2D eigenvalue weighted by atomic mass is 10.2. The van der Waals surface area contributed by atoms with Crippen molar-refractivity contribution in [1.82, 2.24) is 19.4 Å². The topological polar surface area (TPSA) is 60.2 Å². The standard InChI is InChI=1S/C16H20N4O2/c1-16(2,3)22-15(21)19-8-9-20-13(10-18-14(20)11-19)12-6-4-5-7-17-12/h4-7,10H,8-9,11H2,1-3H3. The molecule has 116 valence electrons. The van der Waals surface area contributed by atoms with E-state index in [0.717, 1.165) is 17.2 Å². The maximum Gasteiger partial charge on any atom is 0.410 e. The number of imidazole rings is 1. The van der Waals surface area contributed by atoms with Gasteiger partial charge in [0.15, 0.2) is 0 Å². The van der Waals surface area contributed by atoms with Crippen LogP contribution in [0.25, 0.3) is 11.4 Å². The quantitative estimate of drug-likeness (QED) is 0.812. The first kappa shape index (κ1) is 14.6. The first-order valence-electron chi connectivity index (χ1n) is 7.38. The Morgan fingerprint density at radius 3 is 2.73 bits per heavy atom. The predicted octanol–water partition coefficient (Wildman–Crippen LogP) is 2.70. The van der Waals surface area contributed by atoms with Crippen LogP contribution < -0.4 is 0 Å². The summed E-state index contributed by atoms with van der Waals surface area (Å²) in [5.74, 6) is 0.859. The molecule has 2 aromatic heterocycles. The van der Waals surface area contributed by atoms with Crippen LogP contribution in [0.4, 0.5) is 4.79 Å². The van der Waals surface area contributed by atoms with Crippen molar-refractivity contribution in [3.05, 3.63) is 36.4 Å². The van der Waals surface area contributed by atoms with Gasteiger partial charge in [-0.15, -0.1) is 0 Å². The minimum Gasteiger partial charge on any atom is -0.444 e. The monoisotopic (exact) mass is 300 g/mol. The molecule has 1 aliphatic rings. The molecule has 0 atom stereocenters. The maximum absolute atomic E-state index is 12.2. The molecule has 0 saturated heterocycles. The van der Waals surface area contributed by atoms with Crippen LogP contribution in [-0.4, -0.2) is 37.7 Å². The third-order valence-corrected chi connectivity index (χ3v) is 3.44. The zero-order chi connectivity index (χ0) is 15.7. The van der Waals surface area contributed by atoms with Gasteiger partial charge in [0.2, 0.25) is 0 Å². The van der Waals surface area contributed by atoms with Gasteiger partial charge in [-0.05, 0) is 32.9 Å². The fourth-order valence-corrected chi connectivity index (χ4v) is 2.46. The second-order valence-corrected chi connectivity index (χ2v) is 6.33. The van der Waals surface area contributed by atoms with Crippen LogP contribution in [0.15, 0.2) is 30.6 Å². The lowest BCUT2D eigenvalue weighted by molar-refractivity contribution is 0.0196. The van der Waals surface area contributed by atoms with E-state index in [0.29, 0.717) is 19.6 Å². The minimum atomic E-state index is -0.483. The molecule has 0 spiro atoms. The molecule has 3 heterocycles. The lowest BCUT2D eigenvalue weighted by Crippen LogP contribution is -2.41. The number of pyridine rings is 1. The van der Waals surface area contributed by atoms with Gasteiger partial charge in [0.05, 0.1) is 24.1 Å². The Hall–Kier alpha value is -2.37. The summed E-state index contributed by atoms with van der Waals surface area (Å²) in [7, 11) is 0. The second-order valence-electron chi connectivity index (χ2n) is 6.33. The number of nitrogens with zero attached hydrogens (tertiary/aromatic N) is 4. The molecule has 0 bridgehead atoms. The Bertz CT molecular complexity index is 673. The van der Waals surface area contributed by atoms with E-state index in [-0.39, 0.29) is 6.09 Å². The molecular weight excluding hydrogens is 280 g/mol. The number of carbonyl (C=O) groups excluding carboxylic acids is 1. The largest absolute Gasteiger partial charge is 0.444 e. The number of aromatic nitrogens is 3. The van der Waals surface area contributed by atoms with Gasteiger partial charge >= 0.3 is 6.09 Å². The second kappa shape index (κ2) is 5.44. The first-order chi connectivity index (χ1) is 10.4. The van der Waals surface area contributed by atoms with Crippen molar-refractivity contribution in [1.29, 1.82) is 0 Å². The molecule has 22 heavy (non-hydrogen) atoms. The number of carbonyl (C=O) groups is 1. The summed E-state index contributed by atoms with van der Waals surface area (Å²) >= 11 is 0. The highest BCUT2D eigenvalue weighted by molar-refractivity contribution is 5.68. The number of fused-ring (bicyclic) bond motifs is 1. The normalized spacial score (nSPS) is 14.6. The van der Waals surface area contributed by atoms with Gasteiger partial charge in [-0.25, -0.2) is 9.78 Å². The molecule has 0 saturated carbocycles. The van der Waals surface area contributed by atoms with E-state index in [2.05, 4.69) is 14.5 Å². The molecule has 6 nitrogen and oxygen atoms in total. The molecule has 3 rings (SSSR count). The fourth-order valence-electron chi connectivity index (χ4n) is 2.46. The predicted molar refractivity (Wildman–Crippen MR) is 82.1 cm³/mol. The molecule has 0 fully saturated rings. The SMILES string of the molecule is CC(C)(C)OC(=O)N1CCn2c(-c3ccccn3)cnc2C1. The summed E-state index contributed by atoms with van der Waals surface area (Å²) in [6, 6.07) is 5.81. The molecule has 0 aliphatic carbocycles. The van der Waals surface area contributed by atoms with Crippen molar-refractivity contribution < 1.29 is 9.53 Å². The van der Waals surface area contributed by atoms with E-state index in [1.165, 1.54) is 0 Å². The molecule has 0 radical (unpaired) electrons. The van der Waals surface area contributed by atoms with Gasteiger partial charge in [-0.3, -0.25) is 9.88 Å². The maximum atomic E-state index is 12.2. The van der Waals surface area contributed by atoms with Crippen LogP contribution in [-0.2, 0) is 17.8 Å². The van der Waals surface area contributed by atoms with Crippen LogP contribution in [0, 0.1) is 0 Å². The Labute approximate surface area is 129 Å². The highest BCUT2D eigenvalue weighted by atomic mass is 16.6. The molecule has 1 aliphatic heterocycles. The van der Waals surface area contributed by atoms with E-state index in [1.807, 2.05) is 45.2 Å². The summed E-state index contributed by atoms with van der Waals surface area (Å²) in [6.07, 6.45) is 3.29. The Balaban J connectivity index is 1.78. The highest BCUT2D eigenvalue weighted by Crippen LogP contribution is 2.23. The molecule has 0 N–H and O–H groups in total.